The van der Waals surface area contributed by atoms with Crippen molar-refractivity contribution in [2.75, 3.05) is 23.4 Å². The van der Waals surface area contributed by atoms with Gasteiger partial charge in [-0.25, -0.2) is 0 Å². The minimum atomic E-state index is -0.322. The van der Waals surface area contributed by atoms with Crippen LogP contribution in [0.5, 0.6) is 5.75 Å². The van der Waals surface area contributed by atoms with Crippen LogP contribution in [-0.2, 0) is 9.59 Å². The molecule has 0 unspecified atom stereocenters. The van der Waals surface area contributed by atoms with Crippen molar-refractivity contribution in [3.8, 4) is 5.75 Å². The Hall–Kier alpha value is -3.15. The lowest BCUT2D eigenvalue weighted by atomic mass is 10.1. The van der Waals surface area contributed by atoms with Gasteiger partial charge in [-0.2, -0.15) is 0 Å². The van der Waals surface area contributed by atoms with Crippen LogP contribution in [0.15, 0.2) is 42.5 Å². The molecule has 1 aliphatic rings. The highest BCUT2D eigenvalue weighted by atomic mass is 16.5. The van der Waals surface area contributed by atoms with Gasteiger partial charge in [0.25, 0.3) is 5.91 Å². The Balaban J connectivity index is 1.81. The molecule has 1 heterocycles. The molecule has 1 aliphatic heterocycles. The molecule has 0 aliphatic carbocycles. The summed E-state index contributed by atoms with van der Waals surface area (Å²) in [7, 11) is 0. The standard InChI is InChI=1S/C20H20N2O4/c1-3-17(23)14-6-9-18-16(10-14)22(20(25)12-26-18)11-19(24)21-15-7-4-13(2)5-8-15/h4-10H,3,11-12H2,1-2H3,(H,21,24). The van der Waals surface area contributed by atoms with Crippen molar-refractivity contribution >= 4 is 29.0 Å². The number of benzene rings is 2. The Morgan fingerprint density at radius 3 is 2.58 bits per heavy atom. The van der Waals surface area contributed by atoms with E-state index in [-0.39, 0.29) is 30.7 Å². The monoisotopic (exact) mass is 352 g/mol. The molecule has 0 aromatic heterocycles. The second-order valence-electron chi connectivity index (χ2n) is 6.14. The molecular formula is C20H20N2O4. The van der Waals surface area contributed by atoms with Crippen LogP contribution < -0.4 is 15.0 Å². The number of ketones is 1. The third kappa shape index (κ3) is 3.74. The third-order valence-electron chi connectivity index (χ3n) is 4.18. The lowest BCUT2D eigenvalue weighted by Crippen LogP contribution is -2.43. The molecule has 0 saturated heterocycles. The Morgan fingerprint density at radius 1 is 1.15 bits per heavy atom. The van der Waals surface area contributed by atoms with Gasteiger partial charge in [0.05, 0.1) is 5.69 Å². The van der Waals surface area contributed by atoms with Gasteiger partial charge >= 0.3 is 0 Å². The van der Waals surface area contributed by atoms with E-state index in [9.17, 15) is 14.4 Å². The zero-order valence-corrected chi connectivity index (χ0v) is 14.7. The highest BCUT2D eigenvalue weighted by Gasteiger charge is 2.28. The number of amides is 2. The van der Waals surface area contributed by atoms with Gasteiger partial charge in [-0.05, 0) is 37.3 Å². The molecule has 0 radical (unpaired) electrons. The van der Waals surface area contributed by atoms with Gasteiger partial charge in [0.2, 0.25) is 5.91 Å². The van der Waals surface area contributed by atoms with Crippen molar-refractivity contribution < 1.29 is 19.1 Å². The minimum absolute atomic E-state index is 0.0325. The summed E-state index contributed by atoms with van der Waals surface area (Å²) in [6, 6.07) is 12.3. The Labute approximate surface area is 151 Å². The van der Waals surface area contributed by atoms with E-state index in [4.69, 9.17) is 4.74 Å². The summed E-state index contributed by atoms with van der Waals surface area (Å²) < 4.78 is 5.41. The number of carbonyl (C=O) groups is 3. The van der Waals surface area contributed by atoms with E-state index in [0.717, 1.165) is 5.56 Å². The Morgan fingerprint density at radius 2 is 1.88 bits per heavy atom. The van der Waals surface area contributed by atoms with Crippen molar-refractivity contribution in [1.29, 1.82) is 0 Å². The van der Waals surface area contributed by atoms with Crippen LogP contribution in [0.1, 0.15) is 29.3 Å². The summed E-state index contributed by atoms with van der Waals surface area (Å²) in [5.41, 5.74) is 2.69. The van der Waals surface area contributed by atoms with Crippen LogP contribution in [0.2, 0.25) is 0 Å². The summed E-state index contributed by atoms with van der Waals surface area (Å²) in [6.07, 6.45) is 0.363. The molecule has 1 N–H and O–H groups in total. The van der Waals surface area contributed by atoms with Crippen molar-refractivity contribution in [2.24, 2.45) is 0 Å². The first-order valence-electron chi connectivity index (χ1n) is 8.45. The van der Waals surface area contributed by atoms with Gasteiger partial charge in [-0.1, -0.05) is 24.6 Å². The predicted molar refractivity (Wildman–Crippen MR) is 98.7 cm³/mol. The largest absolute Gasteiger partial charge is 0.482 e. The number of fused-ring (bicyclic) bond motifs is 1. The summed E-state index contributed by atoms with van der Waals surface area (Å²) in [5, 5.41) is 2.78. The fourth-order valence-corrected chi connectivity index (χ4v) is 2.73. The predicted octanol–water partition coefficient (Wildman–Crippen LogP) is 2.95. The molecular weight excluding hydrogens is 332 g/mol. The van der Waals surface area contributed by atoms with E-state index in [1.54, 1.807) is 37.3 Å². The first-order chi connectivity index (χ1) is 12.5. The lowest BCUT2D eigenvalue weighted by Gasteiger charge is -2.29. The summed E-state index contributed by atoms with van der Waals surface area (Å²) in [4.78, 5) is 38.0. The molecule has 6 nitrogen and oxygen atoms in total. The van der Waals surface area contributed by atoms with Gasteiger partial charge in [0, 0.05) is 17.7 Å². The molecule has 2 aromatic rings. The van der Waals surface area contributed by atoms with Crippen molar-refractivity contribution in [3.05, 3.63) is 53.6 Å². The number of hydrogen-bond donors (Lipinski definition) is 1. The zero-order chi connectivity index (χ0) is 18.7. The van der Waals surface area contributed by atoms with Gasteiger partial charge in [0.15, 0.2) is 12.4 Å². The number of anilines is 2. The van der Waals surface area contributed by atoms with Gasteiger partial charge < -0.3 is 10.1 Å². The van der Waals surface area contributed by atoms with E-state index in [0.29, 0.717) is 29.1 Å². The number of aryl methyl sites for hydroxylation is 1. The molecule has 3 rings (SSSR count). The molecule has 0 bridgehead atoms. The molecule has 2 aromatic carbocycles. The van der Waals surface area contributed by atoms with Crippen LogP contribution in [0.25, 0.3) is 0 Å². The van der Waals surface area contributed by atoms with Crippen molar-refractivity contribution in [1.82, 2.24) is 0 Å². The van der Waals surface area contributed by atoms with Crippen LogP contribution in [0, 0.1) is 6.92 Å². The topological polar surface area (TPSA) is 75.7 Å². The molecule has 26 heavy (non-hydrogen) atoms. The van der Waals surface area contributed by atoms with E-state index >= 15 is 0 Å². The second-order valence-corrected chi connectivity index (χ2v) is 6.14. The normalized spacial score (nSPS) is 13.0. The molecule has 0 fully saturated rings. The highest BCUT2D eigenvalue weighted by molar-refractivity contribution is 6.06. The number of carbonyl (C=O) groups excluding carboxylic acids is 3. The van der Waals surface area contributed by atoms with Crippen LogP contribution in [0.4, 0.5) is 11.4 Å². The molecule has 6 heteroatoms. The molecule has 2 amide bonds. The minimum Gasteiger partial charge on any atom is -0.482 e. The average Bonchev–Trinajstić information content (AvgIpc) is 2.65. The number of rotatable bonds is 5. The Bertz CT molecular complexity index is 859. The SMILES string of the molecule is CCC(=O)c1ccc2c(c1)N(CC(=O)Nc1ccc(C)cc1)C(=O)CO2. The summed E-state index contributed by atoms with van der Waals surface area (Å²) in [6.45, 7) is 3.46. The summed E-state index contributed by atoms with van der Waals surface area (Å²) >= 11 is 0. The first-order valence-corrected chi connectivity index (χ1v) is 8.45. The lowest BCUT2D eigenvalue weighted by molar-refractivity contribution is -0.123. The van der Waals surface area contributed by atoms with E-state index in [1.807, 2.05) is 19.1 Å². The number of nitrogens with one attached hydrogen (secondary N) is 1. The fourth-order valence-electron chi connectivity index (χ4n) is 2.73. The van der Waals surface area contributed by atoms with Crippen LogP contribution in [0.3, 0.4) is 0 Å². The second kappa shape index (κ2) is 7.39. The fraction of sp³-hybridized carbons (Fsp3) is 0.250. The zero-order valence-electron chi connectivity index (χ0n) is 14.7. The number of Topliss-reactive ketones (excluding diaryl/α,β-unsaturated/α-hetero) is 1. The maximum absolute atomic E-state index is 12.4. The van der Waals surface area contributed by atoms with Crippen molar-refractivity contribution in [2.45, 2.75) is 20.3 Å². The van der Waals surface area contributed by atoms with Crippen LogP contribution in [-0.4, -0.2) is 30.7 Å². The van der Waals surface area contributed by atoms with Crippen LogP contribution >= 0.6 is 0 Å². The highest BCUT2D eigenvalue weighted by Crippen LogP contribution is 2.33. The maximum atomic E-state index is 12.4. The quantitative estimate of drug-likeness (QED) is 0.840. The number of nitrogens with zero attached hydrogens (tertiary/aromatic N) is 1. The van der Waals surface area contributed by atoms with Gasteiger partial charge in [0.1, 0.15) is 12.3 Å². The molecule has 134 valence electrons. The molecule has 0 saturated carbocycles. The first kappa shape index (κ1) is 17.7. The third-order valence-corrected chi connectivity index (χ3v) is 4.18. The maximum Gasteiger partial charge on any atom is 0.265 e. The van der Waals surface area contributed by atoms with E-state index in [1.165, 1.54) is 4.90 Å². The number of ether oxygens (including phenoxy) is 1. The molecule has 0 atom stereocenters. The number of hydrogen-bond acceptors (Lipinski definition) is 4. The summed E-state index contributed by atoms with van der Waals surface area (Å²) in [5.74, 6) is -0.185. The van der Waals surface area contributed by atoms with Crippen molar-refractivity contribution in [3.63, 3.8) is 0 Å². The van der Waals surface area contributed by atoms with E-state index < -0.39 is 0 Å². The van der Waals surface area contributed by atoms with E-state index in [2.05, 4.69) is 5.32 Å². The van der Waals surface area contributed by atoms with Gasteiger partial charge in [-0.15, -0.1) is 0 Å². The average molecular weight is 352 g/mol. The molecule has 0 spiro atoms. The smallest absolute Gasteiger partial charge is 0.265 e. The Kier molecular flexibility index (Phi) is 5.02. The van der Waals surface area contributed by atoms with Gasteiger partial charge in [-0.3, -0.25) is 19.3 Å².